The predicted octanol–water partition coefficient (Wildman–Crippen LogP) is 2.99. The highest BCUT2D eigenvalue weighted by Crippen LogP contribution is 2.15. The number of hydrogen-bond donors (Lipinski definition) is 2. The van der Waals surface area contributed by atoms with Crippen LogP contribution in [0.25, 0.3) is 0 Å². The largest absolute Gasteiger partial charge is 0.388 e. The summed E-state index contributed by atoms with van der Waals surface area (Å²) in [6.07, 6.45) is -0.266. The second kappa shape index (κ2) is 6.99. The summed E-state index contributed by atoms with van der Waals surface area (Å²) < 4.78 is 13.6. The lowest BCUT2D eigenvalue weighted by atomic mass is 10.1. The SMILES string of the molecule is Cc1ccc(C(=O)NCCC(O)c2ccccc2)c(F)c1. The van der Waals surface area contributed by atoms with Gasteiger partial charge in [0.05, 0.1) is 11.7 Å². The van der Waals surface area contributed by atoms with Gasteiger partial charge < -0.3 is 10.4 Å². The van der Waals surface area contributed by atoms with Gasteiger partial charge >= 0.3 is 0 Å². The third-order valence-corrected chi connectivity index (χ3v) is 3.26. The third-order valence-electron chi connectivity index (χ3n) is 3.26. The fourth-order valence-corrected chi connectivity index (χ4v) is 2.06. The lowest BCUT2D eigenvalue weighted by molar-refractivity contribution is 0.0938. The van der Waals surface area contributed by atoms with Crippen LogP contribution in [0.4, 0.5) is 4.39 Å². The summed E-state index contributed by atoms with van der Waals surface area (Å²) in [5.41, 5.74) is 1.59. The molecule has 0 radical (unpaired) electrons. The second-order valence-corrected chi connectivity index (χ2v) is 4.95. The van der Waals surface area contributed by atoms with Gasteiger partial charge in [-0.05, 0) is 36.6 Å². The molecule has 110 valence electrons. The number of aliphatic hydroxyl groups excluding tert-OH is 1. The third kappa shape index (κ3) is 4.13. The Balaban J connectivity index is 1.87. The number of carbonyl (C=O) groups is 1. The van der Waals surface area contributed by atoms with Crippen LogP contribution in [0.2, 0.25) is 0 Å². The molecule has 2 aromatic carbocycles. The van der Waals surface area contributed by atoms with E-state index in [4.69, 9.17) is 0 Å². The first kappa shape index (κ1) is 15.2. The van der Waals surface area contributed by atoms with E-state index in [9.17, 15) is 14.3 Å². The minimum absolute atomic E-state index is 0.0230. The average molecular weight is 287 g/mol. The quantitative estimate of drug-likeness (QED) is 0.888. The van der Waals surface area contributed by atoms with E-state index in [1.807, 2.05) is 30.3 Å². The van der Waals surface area contributed by atoms with E-state index in [0.29, 0.717) is 6.42 Å². The first-order valence-corrected chi connectivity index (χ1v) is 6.85. The molecule has 1 amide bonds. The molecule has 0 fully saturated rings. The van der Waals surface area contributed by atoms with Crippen LogP contribution in [0.3, 0.4) is 0 Å². The molecule has 1 unspecified atom stereocenters. The molecule has 4 heteroatoms. The zero-order chi connectivity index (χ0) is 15.2. The number of nitrogens with one attached hydrogen (secondary N) is 1. The zero-order valence-electron chi connectivity index (χ0n) is 11.8. The summed E-state index contributed by atoms with van der Waals surface area (Å²) in [4.78, 5) is 11.9. The van der Waals surface area contributed by atoms with E-state index in [-0.39, 0.29) is 12.1 Å². The van der Waals surface area contributed by atoms with Crippen molar-refractivity contribution in [2.45, 2.75) is 19.4 Å². The van der Waals surface area contributed by atoms with Crippen LogP contribution in [0, 0.1) is 12.7 Å². The Morgan fingerprint density at radius 1 is 1.24 bits per heavy atom. The van der Waals surface area contributed by atoms with Gasteiger partial charge in [-0.25, -0.2) is 4.39 Å². The maximum absolute atomic E-state index is 13.6. The number of halogens is 1. The smallest absolute Gasteiger partial charge is 0.254 e. The molecular formula is C17H18FNO2. The number of benzene rings is 2. The first-order valence-electron chi connectivity index (χ1n) is 6.85. The summed E-state index contributed by atoms with van der Waals surface area (Å²) in [6, 6.07) is 13.7. The van der Waals surface area contributed by atoms with Crippen LogP contribution < -0.4 is 5.32 Å². The molecule has 0 aromatic heterocycles. The van der Waals surface area contributed by atoms with Crippen molar-refractivity contribution in [3.05, 3.63) is 71.0 Å². The molecule has 2 aromatic rings. The monoisotopic (exact) mass is 287 g/mol. The van der Waals surface area contributed by atoms with Gasteiger partial charge in [0.15, 0.2) is 0 Å². The van der Waals surface area contributed by atoms with Crippen molar-refractivity contribution in [2.24, 2.45) is 0 Å². The highest BCUT2D eigenvalue weighted by atomic mass is 19.1. The Kier molecular flexibility index (Phi) is 5.06. The van der Waals surface area contributed by atoms with Gasteiger partial charge in [-0.2, -0.15) is 0 Å². The van der Waals surface area contributed by atoms with E-state index in [0.717, 1.165) is 11.1 Å². The molecule has 0 aliphatic carbocycles. The standard InChI is InChI=1S/C17H18FNO2/c1-12-7-8-14(15(18)11-12)17(21)19-10-9-16(20)13-5-3-2-4-6-13/h2-8,11,16,20H,9-10H2,1H3,(H,19,21). The zero-order valence-corrected chi connectivity index (χ0v) is 11.8. The van der Waals surface area contributed by atoms with E-state index >= 15 is 0 Å². The van der Waals surface area contributed by atoms with Crippen LogP contribution >= 0.6 is 0 Å². The van der Waals surface area contributed by atoms with Crippen molar-refractivity contribution in [1.82, 2.24) is 5.32 Å². The molecule has 2 N–H and O–H groups in total. The van der Waals surface area contributed by atoms with Crippen molar-refractivity contribution in [3.8, 4) is 0 Å². The summed E-state index contributed by atoms with van der Waals surface area (Å²) in [7, 11) is 0. The van der Waals surface area contributed by atoms with Crippen LogP contribution in [-0.2, 0) is 0 Å². The molecule has 0 saturated carbocycles. The summed E-state index contributed by atoms with van der Waals surface area (Å²) >= 11 is 0. The Morgan fingerprint density at radius 2 is 1.95 bits per heavy atom. The number of amides is 1. The summed E-state index contributed by atoms with van der Waals surface area (Å²) in [5, 5.41) is 12.6. The number of hydrogen-bond acceptors (Lipinski definition) is 2. The van der Waals surface area contributed by atoms with Gasteiger partial charge in [-0.15, -0.1) is 0 Å². The van der Waals surface area contributed by atoms with Gasteiger partial charge in [-0.1, -0.05) is 36.4 Å². The van der Waals surface area contributed by atoms with E-state index in [1.54, 1.807) is 13.0 Å². The number of rotatable bonds is 5. The fraction of sp³-hybridized carbons (Fsp3) is 0.235. The molecule has 0 bridgehead atoms. The van der Waals surface area contributed by atoms with Crippen LogP contribution in [0.15, 0.2) is 48.5 Å². The second-order valence-electron chi connectivity index (χ2n) is 4.95. The van der Waals surface area contributed by atoms with Crippen LogP contribution in [0.1, 0.15) is 34.0 Å². The predicted molar refractivity (Wildman–Crippen MR) is 79.5 cm³/mol. The molecule has 21 heavy (non-hydrogen) atoms. The summed E-state index contributed by atoms with van der Waals surface area (Å²) in [5.74, 6) is -0.996. The lowest BCUT2D eigenvalue weighted by Crippen LogP contribution is -2.26. The maximum Gasteiger partial charge on any atom is 0.254 e. The Labute approximate surface area is 123 Å². The van der Waals surface area contributed by atoms with Gasteiger partial charge in [0.25, 0.3) is 5.91 Å². The minimum Gasteiger partial charge on any atom is -0.388 e. The minimum atomic E-state index is -0.644. The van der Waals surface area contributed by atoms with Gasteiger partial charge in [-0.3, -0.25) is 4.79 Å². The topological polar surface area (TPSA) is 49.3 Å². The summed E-state index contributed by atoms with van der Waals surface area (Å²) in [6.45, 7) is 2.04. The Morgan fingerprint density at radius 3 is 2.62 bits per heavy atom. The maximum atomic E-state index is 13.6. The first-order chi connectivity index (χ1) is 10.1. The molecule has 0 aliphatic heterocycles. The molecule has 0 spiro atoms. The lowest BCUT2D eigenvalue weighted by Gasteiger charge is -2.12. The molecule has 0 saturated heterocycles. The fourth-order valence-electron chi connectivity index (χ4n) is 2.06. The molecular weight excluding hydrogens is 269 g/mol. The number of carbonyl (C=O) groups excluding carboxylic acids is 1. The molecule has 3 nitrogen and oxygen atoms in total. The number of aliphatic hydroxyl groups is 1. The van der Waals surface area contributed by atoms with Crippen LogP contribution in [0.5, 0.6) is 0 Å². The van der Waals surface area contributed by atoms with Crippen LogP contribution in [-0.4, -0.2) is 17.6 Å². The van der Waals surface area contributed by atoms with E-state index < -0.39 is 17.8 Å². The van der Waals surface area contributed by atoms with Gasteiger partial charge in [0.2, 0.25) is 0 Å². The van der Waals surface area contributed by atoms with Gasteiger partial charge in [0.1, 0.15) is 5.82 Å². The Hall–Kier alpha value is -2.20. The molecule has 0 aliphatic rings. The van der Waals surface area contributed by atoms with E-state index in [2.05, 4.69) is 5.32 Å². The molecule has 2 rings (SSSR count). The van der Waals surface area contributed by atoms with E-state index in [1.165, 1.54) is 12.1 Å². The molecule has 1 atom stereocenters. The van der Waals surface area contributed by atoms with Crippen molar-refractivity contribution >= 4 is 5.91 Å². The number of aryl methyl sites for hydroxylation is 1. The van der Waals surface area contributed by atoms with Gasteiger partial charge in [0, 0.05) is 6.54 Å². The van der Waals surface area contributed by atoms with Crippen molar-refractivity contribution in [1.29, 1.82) is 0 Å². The Bertz CT molecular complexity index is 613. The highest BCUT2D eigenvalue weighted by molar-refractivity contribution is 5.94. The van der Waals surface area contributed by atoms with Crippen molar-refractivity contribution < 1.29 is 14.3 Å². The normalized spacial score (nSPS) is 12.0. The molecule has 0 heterocycles. The van der Waals surface area contributed by atoms with Crippen molar-refractivity contribution in [2.75, 3.05) is 6.54 Å². The highest BCUT2D eigenvalue weighted by Gasteiger charge is 2.12. The average Bonchev–Trinajstić information content (AvgIpc) is 2.47. The van der Waals surface area contributed by atoms with Crippen molar-refractivity contribution in [3.63, 3.8) is 0 Å².